The predicted molar refractivity (Wildman–Crippen MR) is 76.2 cm³/mol. The Balaban J connectivity index is 1.74. The van der Waals surface area contributed by atoms with Crippen molar-refractivity contribution in [2.45, 2.75) is 71.5 Å². The second-order valence-corrected chi connectivity index (χ2v) is 8.23. The minimum absolute atomic E-state index is 0.0736. The predicted octanol–water partition coefficient (Wildman–Crippen LogP) is 1.91. The normalized spacial score (nSPS) is 45.0. The van der Waals surface area contributed by atoms with Gasteiger partial charge in [-0.3, -0.25) is 0 Å². The van der Waals surface area contributed by atoms with E-state index in [1.165, 1.54) is 12.8 Å². The molecule has 5 atom stereocenters. The Morgan fingerprint density at radius 2 is 1.95 bits per heavy atom. The first-order chi connectivity index (χ1) is 8.75. The maximum atomic E-state index is 6.42. The number of hydrogen-bond donors (Lipinski definition) is 1. The van der Waals surface area contributed by atoms with Gasteiger partial charge in [-0.1, -0.05) is 27.7 Å². The van der Waals surface area contributed by atoms with Gasteiger partial charge < -0.3 is 15.0 Å². The monoisotopic (exact) mass is 266 g/mol. The van der Waals surface area contributed by atoms with Crippen molar-refractivity contribution in [3.05, 3.63) is 0 Å². The molecule has 4 rings (SSSR count). The Morgan fingerprint density at radius 1 is 1.26 bits per heavy atom. The number of rotatable bonds is 3. The van der Waals surface area contributed by atoms with E-state index in [4.69, 9.17) is 9.31 Å². The fraction of sp³-hybridized carbons (Fsp3) is 1.00. The summed E-state index contributed by atoms with van der Waals surface area (Å²) >= 11 is 0. The van der Waals surface area contributed by atoms with Gasteiger partial charge in [-0.25, -0.2) is 0 Å². The third kappa shape index (κ3) is 1.90. The van der Waals surface area contributed by atoms with Crippen molar-refractivity contribution in [2.24, 2.45) is 23.2 Å². The molecule has 1 heterocycles. The Hall–Kier alpha value is -0.0551. The summed E-state index contributed by atoms with van der Waals surface area (Å²) in [5, 5.41) is 0. The van der Waals surface area contributed by atoms with Crippen LogP contribution in [0.2, 0.25) is 0 Å². The van der Waals surface area contributed by atoms with Gasteiger partial charge in [0.15, 0.2) is 0 Å². The molecule has 19 heavy (non-hydrogen) atoms. The molecule has 2 unspecified atom stereocenters. The second kappa shape index (κ2) is 4.22. The van der Waals surface area contributed by atoms with Crippen molar-refractivity contribution in [2.75, 3.05) is 0 Å². The molecule has 2 bridgehead atoms. The van der Waals surface area contributed by atoms with Gasteiger partial charge in [0.2, 0.25) is 0 Å². The smallest absolute Gasteiger partial charge is 0.401 e. The van der Waals surface area contributed by atoms with Crippen molar-refractivity contribution < 1.29 is 15.0 Å². The highest BCUT2D eigenvalue weighted by Crippen LogP contribution is 2.65. The van der Waals surface area contributed by atoms with Crippen molar-refractivity contribution in [1.29, 1.82) is 0 Å². The molecule has 0 aromatic rings. The molecular weight excluding hydrogens is 237 g/mol. The van der Waals surface area contributed by atoms with Crippen molar-refractivity contribution in [1.82, 2.24) is 0 Å². The molecule has 108 valence electrons. The zero-order valence-electron chi connectivity index (χ0n) is 13.1. The maximum Gasteiger partial charge on any atom is 0.521 e. The first-order valence-electron chi connectivity index (χ1n) is 7.91. The summed E-state index contributed by atoms with van der Waals surface area (Å²) in [6, 6.07) is 0. The van der Waals surface area contributed by atoms with Gasteiger partial charge in [-0.2, -0.15) is 0 Å². The number of hydrogen-bond acceptors (Lipinski definition) is 2. The molecule has 3 saturated carbocycles. The standard InChI is InChI=1S/C15H28BNO2/c1-9(2)6-13(17)16-18-12-8-10-7-11(14(10,3)4)15(12,5)19-16/h9-13H,6-8,17H2,1-5H3/p+1/t10?,11?,12-,13+,15+/m1/s1. The van der Waals surface area contributed by atoms with Gasteiger partial charge in [-0.15, -0.1) is 0 Å². The minimum Gasteiger partial charge on any atom is -0.401 e. The first-order valence-corrected chi connectivity index (χ1v) is 7.91. The molecule has 3 N–H and O–H groups in total. The van der Waals surface area contributed by atoms with E-state index in [1.807, 2.05) is 0 Å². The lowest BCUT2D eigenvalue weighted by Crippen LogP contribution is -2.69. The average molecular weight is 266 g/mol. The molecule has 0 radical (unpaired) electrons. The van der Waals surface area contributed by atoms with Crippen LogP contribution in [0.3, 0.4) is 0 Å². The Morgan fingerprint density at radius 3 is 2.53 bits per heavy atom. The summed E-state index contributed by atoms with van der Waals surface area (Å²) < 4.78 is 12.7. The molecule has 0 aromatic heterocycles. The zero-order chi connectivity index (χ0) is 14.0. The van der Waals surface area contributed by atoms with Gasteiger partial charge in [0.05, 0.1) is 11.7 Å². The van der Waals surface area contributed by atoms with E-state index in [0.29, 0.717) is 23.4 Å². The number of quaternary nitrogens is 1. The highest BCUT2D eigenvalue weighted by Gasteiger charge is 2.68. The van der Waals surface area contributed by atoms with Crippen molar-refractivity contribution in [3.63, 3.8) is 0 Å². The third-order valence-electron chi connectivity index (χ3n) is 6.13. The molecule has 4 heteroatoms. The van der Waals surface area contributed by atoms with Crippen LogP contribution in [0.25, 0.3) is 0 Å². The van der Waals surface area contributed by atoms with Crippen LogP contribution in [-0.2, 0) is 9.31 Å². The fourth-order valence-corrected chi connectivity index (χ4v) is 4.82. The van der Waals surface area contributed by atoms with E-state index in [9.17, 15) is 0 Å². The lowest BCUT2D eigenvalue weighted by Gasteiger charge is -2.64. The van der Waals surface area contributed by atoms with Crippen molar-refractivity contribution in [3.8, 4) is 0 Å². The molecule has 4 fully saturated rings. The van der Waals surface area contributed by atoms with Gasteiger partial charge in [-0.05, 0) is 49.4 Å². The van der Waals surface area contributed by atoms with Gasteiger partial charge in [0, 0.05) is 0 Å². The third-order valence-corrected chi connectivity index (χ3v) is 6.13. The van der Waals surface area contributed by atoms with Gasteiger partial charge in [0.25, 0.3) is 0 Å². The van der Waals surface area contributed by atoms with Crippen LogP contribution in [0.15, 0.2) is 0 Å². The van der Waals surface area contributed by atoms with Gasteiger partial charge >= 0.3 is 7.12 Å². The molecule has 3 nitrogen and oxygen atoms in total. The minimum atomic E-state index is -0.0902. The molecule has 1 aliphatic heterocycles. The van der Waals surface area contributed by atoms with Crippen LogP contribution >= 0.6 is 0 Å². The first kappa shape index (κ1) is 13.9. The zero-order valence-corrected chi connectivity index (χ0v) is 13.1. The highest BCUT2D eigenvalue weighted by atomic mass is 16.7. The highest BCUT2D eigenvalue weighted by molar-refractivity contribution is 6.46. The Bertz CT molecular complexity index is 373. The summed E-state index contributed by atoms with van der Waals surface area (Å²) in [4.78, 5) is 0. The topological polar surface area (TPSA) is 46.1 Å². The van der Waals surface area contributed by atoms with Crippen LogP contribution in [-0.4, -0.2) is 24.8 Å². The molecular formula is C15H29BNO2+. The molecule has 0 spiro atoms. The molecule has 0 amide bonds. The van der Waals surface area contributed by atoms with E-state index < -0.39 is 0 Å². The van der Waals surface area contributed by atoms with Crippen LogP contribution in [0.1, 0.15) is 53.9 Å². The molecule has 3 aliphatic carbocycles. The summed E-state index contributed by atoms with van der Waals surface area (Å²) in [5.41, 5.74) is 4.63. The summed E-state index contributed by atoms with van der Waals surface area (Å²) in [5.74, 6) is 2.38. The molecule has 1 saturated heterocycles. The molecule has 0 aromatic carbocycles. The van der Waals surface area contributed by atoms with Crippen molar-refractivity contribution >= 4 is 7.12 Å². The average Bonchev–Trinajstić information content (AvgIpc) is 2.64. The Kier molecular flexibility index (Phi) is 3.09. The quantitative estimate of drug-likeness (QED) is 0.793. The van der Waals surface area contributed by atoms with E-state index >= 15 is 0 Å². The maximum absolute atomic E-state index is 6.42. The van der Waals surface area contributed by atoms with Crippen LogP contribution in [0.5, 0.6) is 0 Å². The van der Waals surface area contributed by atoms with Crippen LogP contribution in [0, 0.1) is 23.2 Å². The lowest BCUT2D eigenvalue weighted by molar-refractivity contribution is -0.400. The summed E-state index contributed by atoms with van der Waals surface area (Å²) in [6.45, 7) is 11.6. The Labute approximate surface area is 117 Å². The lowest BCUT2D eigenvalue weighted by atomic mass is 9.43. The fourth-order valence-electron chi connectivity index (χ4n) is 4.82. The summed E-state index contributed by atoms with van der Waals surface area (Å²) in [6.07, 6.45) is 3.86. The van der Waals surface area contributed by atoms with Crippen LogP contribution < -0.4 is 5.73 Å². The molecule has 4 aliphatic rings. The van der Waals surface area contributed by atoms with Crippen LogP contribution in [0.4, 0.5) is 0 Å². The second-order valence-electron chi connectivity index (χ2n) is 8.23. The van der Waals surface area contributed by atoms with E-state index in [-0.39, 0.29) is 18.7 Å². The van der Waals surface area contributed by atoms with E-state index in [2.05, 4.69) is 40.4 Å². The SMILES string of the molecule is CC(C)C[C@H]([NH3+])B1O[C@@H]2CC3CC(C3(C)C)[C@]2(C)O1. The van der Waals surface area contributed by atoms with Gasteiger partial charge in [0.1, 0.15) is 5.94 Å². The van der Waals surface area contributed by atoms with E-state index in [0.717, 1.165) is 12.3 Å². The summed E-state index contributed by atoms with van der Waals surface area (Å²) in [7, 11) is -0.0902. The van der Waals surface area contributed by atoms with E-state index in [1.54, 1.807) is 0 Å². The largest absolute Gasteiger partial charge is 0.521 e.